The van der Waals surface area contributed by atoms with Crippen LogP contribution in [0.15, 0.2) is 18.2 Å². The fraction of sp³-hybridized carbons (Fsp3) is 0.462. The molecule has 3 rings (SSSR count). The van der Waals surface area contributed by atoms with Crippen LogP contribution in [0.3, 0.4) is 0 Å². The number of carbonyl (C=O) groups is 1. The van der Waals surface area contributed by atoms with Crippen LogP contribution in [0.1, 0.15) is 22.3 Å². The Morgan fingerprint density at radius 2 is 1.95 bits per heavy atom. The van der Waals surface area contributed by atoms with Crippen LogP contribution in [0, 0.1) is 0 Å². The lowest BCUT2D eigenvalue weighted by Gasteiger charge is -2.31. The summed E-state index contributed by atoms with van der Waals surface area (Å²) < 4.78 is 24.7. The van der Waals surface area contributed by atoms with Crippen LogP contribution in [-0.4, -0.2) is 45.1 Å². The summed E-state index contributed by atoms with van der Waals surface area (Å²) in [5.74, 6) is 0.0480. The van der Waals surface area contributed by atoms with Crippen LogP contribution in [0.25, 0.3) is 0 Å². The first-order valence-electron chi connectivity index (χ1n) is 6.37. The maximum absolute atomic E-state index is 12.1. The summed E-state index contributed by atoms with van der Waals surface area (Å²) in [4.78, 5) is 13.9. The zero-order valence-corrected chi connectivity index (χ0v) is 11.6. The van der Waals surface area contributed by atoms with Crippen molar-refractivity contribution in [2.45, 2.75) is 12.8 Å². The molecule has 0 N–H and O–H groups in total. The molecule has 0 aromatic heterocycles. The largest absolute Gasteiger partial charge is 0.339 e. The molecule has 0 atom stereocenters. The lowest BCUT2D eigenvalue weighted by molar-refractivity contribution is 0.0652. The predicted octanol–water partition coefficient (Wildman–Crippen LogP) is 0.855. The third-order valence-electron chi connectivity index (χ3n) is 3.72. The fourth-order valence-electron chi connectivity index (χ4n) is 2.55. The summed E-state index contributed by atoms with van der Waals surface area (Å²) in [5.41, 5.74) is 2.31. The molecule has 1 fully saturated rings. The van der Waals surface area contributed by atoms with Crippen molar-refractivity contribution in [3.05, 3.63) is 29.3 Å². The average molecular weight is 280 g/mol. The molecule has 2 heterocycles. The molecule has 0 spiro atoms. The van der Waals surface area contributed by atoms with Crippen LogP contribution in [0.5, 0.6) is 0 Å². The molecule has 1 amide bonds. The van der Waals surface area contributed by atoms with Gasteiger partial charge >= 0.3 is 0 Å². The number of amides is 1. The number of likely N-dealkylation sites (tertiary alicyclic amines) is 1. The number of nitrogens with zero attached hydrogens (tertiary/aromatic N) is 2. The highest BCUT2D eigenvalue weighted by Gasteiger charge is 2.28. The molecule has 2 aliphatic heterocycles. The topological polar surface area (TPSA) is 57.7 Å². The Morgan fingerprint density at radius 3 is 2.53 bits per heavy atom. The minimum atomic E-state index is -3.22. The van der Waals surface area contributed by atoms with E-state index >= 15 is 0 Å². The van der Waals surface area contributed by atoms with Crippen molar-refractivity contribution in [2.24, 2.45) is 0 Å². The molecule has 0 aliphatic carbocycles. The molecule has 1 aromatic rings. The van der Waals surface area contributed by atoms with Gasteiger partial charge in [-0.3, -0.25) is 9.10 Å². The first-order valence-corrected chi connectivity index (χ1v) is 8.21. The Bertz CT molecular complexity index is 635. The van der Waals surface area contributed by atoms with Gasteiger partial charge in [0.15, 0.2) is 0 Å². The Balaban J connectivity index is 1.92. The number of benzene rings is 1. The first-order chi connectivity index (χ1) is 8.97. The Morgan fingerprint density at radius 1 is 1.21 bits per heavy atom. The van der Waals surface area contributed by atoms with Gasteiger partial charge in [0.2, 0.25) is 10.0 Å². The third kappa shape index (κ3) is 2.10. The van der Waals surface area contributed by atoms with Gasteiger partial charge in [0.05, 0.1) is 11.9 Å². The smallest absolute Gasteiger partial charge is 0.253 e. The van der Waals surface area contributed by atoms with E-state index in [4.69, 9.17) is 0 Å². The SMILES string of the molecule is CS(=O)(=O)N1CCc2cc(C(=O)N3CCC3)ccc21. The van der Waals surface area contributed by atoms with Crippen molar-refractivity contribution < 1.29 is 13.2 Å². The van der Waals surface area contributed by atoms with Crippen molar-refractivity contribution in [3.8, 4) is 0 Å². The van der Waals surface area contributed by atoms with Crippen molar-refractivity contribution in [2.75, 3.05) is 30.2 Å². The van der Waals surface area contributed by atoms with Gasteiger partial charge in [0.1, 0.15) is 0 Å². The summed E-state index contributed by atoms with van der Waals surface area (Å²) >= 11 is 0. The second kappa shape index (κ2) is 4.23. The lowest BCUT2D eigenvalue weighted by Crippen LogP contribution is -2.42. The molecule has 102 valence electrons. The normalized spacial score (nSPS) is 18.2. The molecule has 1 saturated heterocycles. The number of rotatable bonds is 2. The summed E-state index contributed by atoms with van der Waals surface area (Å²) in [6.07, 6.45) is 2.95. The average Bonchev–Trinajstić information content (AvgIpc) is 2.68. The van der Waals surface area contributed by atoms with Gasteiger partial charge in [-0.2, -0.15) is 0 Å². The lowest BCUT2D eigenvalue weighted by atomic mass is 10.1. The van der Waals surface area contributed by atoms with Crippen molar-refractivity contribution in [3.63, 3.8) is 0 Å². The number of hydrogen-bond donors (Lipinski definition) is 0. The van der Waals surface area contributed by atoms with Gasteiger partial charge < -0.3 is 4.90 Å². The van der Waals surface area contributed by atoms with Crippen molar-refractivity contribution in [1.29, 1.82) is 0 Å². The minimum Gasteiger partial charge on any atom is -0.339 e. The van der Waals surface area contributed by atoms with Crippen LogP contribution in [0.2, 0.25) is 0 Å². The molecular formula is C13H16N2O3S. The van der Waals surface area contributed by atoms with E-state index in [-0.39, 0.29) is 5.91 Å². The number of hydrogen-bond acceptors (Lipinski definition) is 3. The van der Waals surface area contributed by atoms with E-state index in [1.807, 2.05) is 11.0 Å². The van der Waals surface area contributed by atoms with Crippen molar-refractivity contribution >= 4 is 21.6 Å². The van der Waals surface area contributed by atoms with E-state index < -0.39 is 10.0 Å². The first kappa shape index (κ1) is 12.5. The molecule has 6 heteroatoms. The fourth-order valence-corrected chi connectivity index (χ4v) is 3.51. The maximum atomic E-state index is 12.1. The van der Waals surface area contributed by atoms with E-state index in [9.17, 15) is 13.2 Å². The van der Waals surface area contributed by atoms with Crippen LogP contribution >= 0.6 is 0 Å². The Hall–Kier alpha value is -1.56. The van der Waals surface area contributed by atoms with Crippen molar-refractivity contribution in [1.82, 2.24) is 4.90 Å². The summed E-state index contributed by atoms with van der Waals surface area (Å²) in [6.45, 7) is 2.12. The van der Waals surface area contributed by atoms with Gasteiger partial charge in [-0.05, 0) is 36.6 Å². The third-order valence-corrected chi connectivity index (χ3v) is 4.90. The monoisotopic (exact) mass is 280 g/mol. The van der Waals surface area contributed by atoms with E-state index in [1.54, 1.807) is 12.1 Å². The summed E-state index contributed by atoms with van der Waals surface area (Å²) in [7, 11) is -3.22. The quantitative estimate of drug-likeness (QED) is 0.807. The van der Waals surface area contributed by atoms with Gasteiger partial charge in [-0.15, -0.1) is 0 Å². The van der Waals surface area contributed by atoms with Gasteiger partial charge in [0.25, 0.3) is 5.91 Å². The van der Waals surface area contributed by atoms with Gasteiger partial charge in [-0.1, -0.05) is 0 Å². The van der Waals surface area contributed by atoms with Gasteiger partial charge in [-0.25, -0.2) is 8.42 Å². The van der Waals surface area contributed by atoms with E-state index in [0.717, 1.165) is 25.1 Å². The zero-order valence-electron chi connectivity index (χ0n) is 10.8. The predicted molar refractivity (Wildman–Crippen MR) is 72.9 cm³/mol. The maximum Gasteiger partial charge on any atom is 0.253 e. The van der Waals surface area contributed by atoms with Crippen LogP contribution in [-0.2, 0) is 16.4 Å². The number of fused-ring (bicyclic) bond motifs is 1. The number of anilines is 1. The summed E-state index contributed by atoms with van der Waals surface area (Å²) in [5, 5.41) is 0. The molecule has 0 bridgehead atoms. The molecule has 1 aromatic carbocycles. The zero-order chi connectivity index (χ0) is 13.6. The minimum absolute atomic E-state index is 0.0480. The van der Waals surface area contributed by atoms with E-state index in [2.05, 4.69) is 0 Å². The number of carbonyl (C=O) groups excluding carboxylic acids is 1. The standard InChI is InChI=1S/C13H16N2O3S/c1-19(17,18)15-8-5-10-9-11(3-4-12(10)15)13(16)14-6-2-7-14/h3-4,9H,2,5-8H2,1H3. The molecule has 0 unspecified atom stereocenters. The highest BCUT2D eigenvalue weighted by atomic mass is 32.2. The highest BCUT2D eigenvalue weighted by molar-refractivity contribution is 7.92. The van der Waals surface area contributed by atoms with E-state index in [1.165, 1.54) is 10.6 Å². The van der Waals surface area contributed by atoms with E-state index in [0.29, 0.717) is 24.2 Å². The molecule has 19 heavy (non-hydrogen) atoms. The van der Waals surface area contributed by atoms with Gasteiger partial charge in [0, 0.05) is 25.2 Å². The molecule has 0 radical (unpaired) electrons. The summed E-state index contributed by atoms with van der Waals surface area (Å²) in [6, 6.07) is 5.31. The van der Waals surface area contributed by atoms with Crippen LogP contribution < -0.4 is 4.31 Å². The molecule has 0 saturated carbocycles. The molecule has 2 aliphatic rings. The molecular weight excluding hydrogens is 264 g/mol. The second-order valence-corrected chi connectivity index (χ2v) is 6.98. The van der Waals surface area contributed by atoms with Crippen LogP contribution in [0.4, 0.5) is 5.69 Å². The number of sulfonamides is 1. The Kier molecular flexibility index (Phi) is 2.78. The Labute approximate surface area is 112 Å². The second-order valence-electron chi connectivity index (χ2n) is 5.07. The molecule has 5 nitrogen and oxygen atoms in total. The highest BCUT2D eigenvalue weighted by Crippen LogP contribution is 2.31.